The third kappa shape index (κ3) is 11.5. The van der Waals surface area contributed by atoms with E-state index in [0.29, 0.717) is 0 Å². The van der Waals surface area contributed by atoms with Crippen LogP contribution in [0, 0.1) is 0 Å². The molecule has 0 aromatic heterocycles. The maximum absolute atomic E-state index is 12.1. The van der Waals surface area contributed by atoms with Gasteiger partial charge in [-0.3, -0.25) is 19.2 Å². The molecule has 328 valence electrons. The summed E-state index contributed by atoms with van der Waals surface area (Å²) in [5.74, 6) is -2.62. The molecule has 14 N–H and O–H groups in total. The first-order chi connectivity index (χ1) is 26.7. The van der Waals surface area contributed by atoms with Crippen LogP contribution in [0.25, 0.3) is 0 Å². The van der Waals surface area contributed by atoms with Crippen molar-refractivity contribution in [2.75, 3.05) is 26.4 Å². The summed E-state index contributed by atoms with van der Waals surface area (Å²) >= 11 is 0. The summed E-state index contributed by atoms with van der Waals surface area (Å²) in [4.78, 5) is 47.4. The zero-order valence-electron chi connectivity index (χ0n) is 31.3. The van der Waals surface area contributed by atoms with Crippen molar-refractivity contribution in [2.24, 2.45) is 0 Å². The molecule has 0 aromatic carbocycles. The lowest BCUT2D eigenvalue weighted by Crippen LogP contribution is -2.67. The van der Waals surface area contributed by atoms with Gasteiger partial charge in [0.1, 0.15) is 97.4 Å². The van der Waals surface area contributed by atoms with Crippen LogP contribution in [0.15, 0.2) is 0 Å². The molecule has 4 rings (SSSR count). The number of carbonyl (C=O) groups excluding carboxylic acids is 4. The lowest BCUT2D eigenvalue weighted by molar-refractivity contribution is -0.320. The van der Waals surface area contributed by atoms with Crippen molar-refractivity contribution in [1.82, 2.24) is 21.3 Å². The number of rotatable bonds is 14. The molecule has 0 aromatic rings. The Kier molecular flexibility index (Phi) is 16.8. The number of aliphatic hydroxyl groups is 10. The standard InChI is InChI=1S/C32H54N4O21/c1-9(38)33-17-25(46)22(43)14(54-29(17)50)6-51-31-19(35-11(3)40)27(48)24(45)16(56-31)8-53-32-20(36-12(4)41)28(49)23(44)15(57-32)7-52-30-18(34-10(2)39)26(47)21(42)13(5-37)55-30/h13-32,37,42-50H,5-8H2,1-4H3,(H,33,38)(H,34,39)(H,35,40)(H,36,41)/t13-,14-,15-,16-,17-,18-,19-,20-,21-,22-,23-,24-,25-,26-,27-,28-,29?,30-,31-,32-/m1/s1. The third-order valence-corrected chi connectivity index (χ3v) is 9.76. The quantitative estimate of drug-likeness (QED) is 0.0773. The van der Waals surface area contributed by atoms with E-state index in [2.05, 4.69) is 21.3 Å². The van der Waals surface area contributed by atoms with E-state index in [9.17, 15) is 70.2 Å². The molecule has 1 unspecified atom stereocenters. The van der Waals surface area contributed by atoms with Crippen molar-refractivity contribution in [3.8, 4) is 0 Å². The number of carbonyl (C=O) groups is 4. The predicted molar refractivity (Wildman–Crippen MR) is 180 cm³/mol. The van der Waals surface area contributed by atoms with Gasteiger partial charge in [0, 0.05) is 27.7 Å². The second-order valence-corrected chi connectivity index (χ2v) is 14.2. The smallest absolute Gasteiger partial charge is 0.217 e. The molecule has 25 nitrogen and oxygen atoms in total. The Hall–Kier alpha value is -2.80. The van der Waals surface area contributed by atoms with E-state index in [1.165, 1.54) is 0 Å². The number of amides is 4. The summed E-state index contributed by atoms with van der Waals surface area (Å²) in [6.07, 6.45) is -26.2. The van der Waals surface area contributed by atoms with E-state index in [1.54, 1.807) is 0 Å². The lowest BCUT2D eigenvalue weighted by atomic mass is 9.95. The van der Waals surface area contributed by atoms with Crippen LogP contribution in [-0.2, 0) is 52.3 Å². The topological polar surface area (TPSA) is 383 Å². The Morgan fingerprint density at radius 3 is 1.00 bits per heavy atom. The minimum atomic E-state index is -1.80. The summed E-state index contributed by atoms with van der Waals surface area (Å²) in [5, 5.41) is 115. The number of hydrogen-bond donors (Lipinski definition) is 14. The first-order valence-electron chi connectivity index (χ1n) is 18.0. The fourth-order valence-corrected chi connectivity index (χ4v) is 6.86. The highest BCUT2D eigenvalue weighted by Gasteiger charge is 2.51. The zero-order chi connectivity index (χ0) is 42.5. The normalized spacial score (nSPS) is 43.8. The molecule has 20 atom stereocenters. The average molecular weight is 831 g/mol. The maximum Gasteiger partial charge on any atom is 0.217 e. The molecule has 0 radical (unpaired) electrons. The minimum absolute atomic E-state index is 0.625. The van der Waals surface area contributed by atoms with Gasteiger partial charge in [0.25, 0.3) is 0 Å². The molecule has 4 aliphatic rings. The molecule has 0 bridgehead atoms. The maximum atomic E-state index is 12.1. The van der Waals surface area contributed by atoms with Gasteiger partial charge in [-0.25, -0.2) is 0 Å². The van der Waals surface area contributed by atoms with E-state index in [-0.39, 0.29) is 0 Å². The van der Waals surface area contributed by atoms with Gasteiger partial charge >= 0.3 is 0 Å². The lowest BCUT2D eigenvalue weighted by Gasteiger charge is -2.46. The number of hydrogen-bond acceptors (Lipinski definition) is 21. The molecule has 4 saturated heterocycles. The van der Waals surface area contributed by atoms with Gasteiger partial charge in [0.15, 0.2) is 25.2 Å². The van der Waals surface area contributed by atoms with Gasteiger partial charge in [-0.1, -0.05) is 0 Å². The third-order valence-electron chi connectivity index (χ3n) is 9.76. The minimum Gasteiger partial charge on any atom is -0.394 e. The predicted octanol–water partition coefficient (Wildman–Crippen LogP) is -9.17. The largest absolute Gasteiger partial charge is 0.394 e. The van der Waals surface area contributed by atoms with Crippen molar-refractivity contribution >= 4 is 23.6 Å². The highest BCUT2D eigenvalue weighted by atomic mass is 16.7. The van der Waals surface area contributed by atoms with Gasteiger partial charge in [-0.05, 0) is 0 Å². The van der Waals surface area contributed by atoms with Crippen molar-refractivity contribution < 1.29 is 103 Å². The van der Waals surface area contributed by atoms with Crippen LogP contribution in [0.4, 0.5) is 0 Å². The first kappa shape index (κ1) is 46.9. The summed E-state index contributed by atoms with van der Waals surface area (Å²) in [7, 11) is 0. The highest BCUT2D eigenvalue weighted by molar-refractivity contribution is 5.74. The fraction of sp³-hybridized carbons (Fsp3) is 0.875. The molecule has 25 heteroatoms. The van der Waals surface area contributed by atoms with Crippen molar-refractivity contribution in [3.63, 3.8) is 0 Å². The molecule has 4 fully saturated rings. The summed E-state index contributed by atoms with van der Waals surface area (Å²) < 4.78 is 39.8. The van der Waals surface area contributed by atoms with Crippen LogP contribution in [0.2, 0.25) is 0 Å². The van der Waals surface area contributed by atoms with Gasteiger partial charge < -0.3 is 105 Å². The van der Waals surface area contributed by atoms with Gasteiger partial charge in [0.05, 0.1) is 26.4 Å². The second kappa shape index (κ2) is 20.4. The molecule has 57 heavy (non-hydrogen) atoms. The average Bonchev–Trinajstić information content (AvgIpc) is 3.13. The van der Waals surface area contributed by atoms with E-state index >= 15 is 0 Å². The molecule has 4 heterocycles. The van der Waals surface area contributed by atoms with E-state index in [4.69, 9.17) is 33.2 Å². The first-order valence-corrected chi connectivity index (χ1v) is 18.0. The summed E-state index contributed by atoms with van der Waals surface area (Å²) in [6.45, 7) is 1.76. The molecule has 0 saturated carbocycles. The number of nitrogens with one attached hydrogen (secondary N) is 4. The van der Waals surface area contributed by atoms with Crippen molar-refractivity contribution in [3.05, 3.63) is 0 Å². The Labute approximate surface area is 325 Å². The SMILES string of the molecule is CC(=O)N[C@H]1[C@H](OC[C@H]2O[C@@H](OC[C@H]3O[C@@H](OC[C@H]4OC(O)[C@H](NC(C)=O)[C@@H](O)[C@@H]4O)[C@H](NC(C)=O)[C@@H](O)[C@@H]3O)[C@H](NC(C)=O)[C@@H](O)[C@@H]2O)O[C@H](CO)[C@@H](O)[C@@H]1O. The van der Waals surface area contributed by atoms with Crippen molar-refractivity contribution in [1.29, 1.82) is 0 Å². The molecule has 4 aliphatic heterocycles. The van der Waals surface area contributed by atoms with Crippen LogP contribution in [0.5, 0.6) is 0 Å². The van der Waals surface area contributed by atoms with E-state index in [1.807, 2.05) is 0 Å². The number of aliphatic hydroxyl groups excluding tert-OH is 10. The summed E-state index contributed by atoms with van der Waals surface area (Å²) in [6, 6.07) is -5.65. The molecular formula is C32H54N4O21. The van der Waals surface area contributed by atoms with Gasteiger partial charge in [-0.15, -0.1) is 0 Å². The van der Waals surface area contributed by atoms with Crippen LogP contribution < -0.4 is 21.3 Å². The van der Waals surface area contributed by atoms with Crippen molar-refractivity contribution in [2.45, 2.75) is 150 Å². The Bertz CT molecular complexity index is 1370. The van der Waals surface area contributed by atoms with E-state index < -0.39 is 173 Å². The molecule has 0 aliphatic carbocycles. The monoisotopic (exact) mass is 830 g/mol. The Balaban J connectivity index is 1.47. The van der Waals surface area contributed by atoms with Crippen LogP contribution in [-0.4, -0.2) is 224 Å². The summed E-state index contributed by atoms with van der Waals surface area (Å²) in [5.41, 5.74) is 0. The van der Waals surface area contributed by atoms with Crippen LogP contribution in [0.1, 0.15) is 27.7 Å². The Morgan fingerprint density at radius 1 is 0.421 bits per heavy atom. The van der Waals surface area contributed by atoms with Gasteiger partial charge in [-0.2, -0.15) is 0 Å². The van der Waals surface area contributed by atoms with Gasteiger partial charge in [0.2, 0.25) is 23.6 Å². The highest BCUT2D eigenvalue weighted by Crippen LogP contribution is 2.29. The second-order valence-electron chi connectivity index (χ2n) is 14.2. The molecule has 4 amide bonds. The van der Waals surface area contributed by atoms with Crippen LogP contribution >= 0.6 is 0 Å². The number of ether oxygens (including phenoxy) is 7. The molecular weight excluding hydrogens is 776 g/mol. The molecule has 0 spiro atoms. The fourth-order valence-electron chi connectivity index (χ4n) is 6.86. The Morgan fingerprint density at radius 2 is 0.684 bits per heavy atom. The zero-order valence-corrected chi connectivity index (χ0v) is 31.3. The van der Waals surface area contributed by atoms with E-state index in [0.717, 1.165) is 27.7 Å². The van der Waals surface area contributed by atoms with Crippen LogP contribution in [0.3, 0.4) is 0 Å².